The molecule has 1 saturated heterocycles. The topological polar surface area (TPSA) is 34.6 Å². The van der Waals surface area contributed by atoms with E-state index in [0.29, 0.717) is 23.2 Å². The van der Waals surface area contributed by atoms with Crippen LogP contribution in [0.4, 0.5) is 36.4 Å². The largest absolute Gasteiger partial charge is 0.435 e. The number of aromatic nitrogens is 1. The molecule has 1 unspecified atom stereocenters. The van der Waals surface area contributed by atoms with Crippen LogP contribution in [0.25, 0.3) is 5.83 Å². The molecule has 1 fully saturated rings. The van der Waals surface area contributed by atoms with E-state index in [1.54, 1.807) is 29.8 Å². The van der Waals surface area contributed by atoms with Crippen LogP contribution in [0.1, 0.15) is 46.6 Å². The van der Waals surface area contributed by atoms with Crippen LogP contribution < -0.4 is 5.32 Å². The molecule has 3 heterocycles. The third kappa shape index (κ3) is 6.00. The Morgan fingerprint density at radius 3 is 2.26 bits per heavy atom. The van der Waals surface area contributed by atoms with Crippen LogP contribution in [-0.2, 0) is 12.7 Å². The Kier molecular flexibility index (Phi) is 7.57. The number of fused-ring (bicyclic) bond motifs is 1. The zero-order chi connectivity index (χ0) is 28.0. The van der Waals surface area contributed by atoms with Crippen LogP contribution >= 0.6 is 0 Å². The van der Waals surface area contributed by atoms with Gasteiger partial charge in [-0.15, -0.1) is 0 Å². The summed E-state index contributed by atoms with van der Waals surface area (Å²) >= 11 is 0. The van der Waals surface area contributed by atoms with Crippen molar-refractivity contribution in [1.29, 1.82) is 0 Å². The van der Waals surface area contributed by atoms with E-state index in [4.69, 9.17) is 0 Å². The molecular weight excluding hydrogens is 515 g/mol. The van der Waals surface area contributed by atoms with Gasteiger partial charge in [-0.25, -0.2) is 9.37 Å². The maximum absolute atomic E-state index is 16.2. The first-order valence-corrected chi connectivity index (χ1v) is 12.2. The average Bonchev–Trinajstić information content (AvgIpc) is 2.78. The first-order valence-electron chi connectivity index (χ1n) is 12.2. The molecule has 38 heavy (non-hydrogen) atoms. The molecule has 0 saturated carbocycles. The third-order valence-corrected chi connectivity index (χ3v) is 6.80. The fraction of sp³-hybridized carbons (Fsp3) is 0.500. The van der Waals surface area contributed by atoms with Crippen LogP contribution in [0.5, 0.6) is 0 Å². The summed E-state index contributed by atoms with van der Waals surface area (Å²) in [7, 11) is 1.72. The van der Waals surface area contributed by atoms with Gasteiger partial charge in [0.1, 0.15) is 5.82 Å². The Morgan fingerprint density at radius 2 is 1.66 bits per heavy atom. The summed E-state index contributed by atoms with van der Waals surface area (Å²) in [5.74, 6) is -0.269. The number of nitrogens with zero attached hydrogens (tertiary/aromatic N) is 4. The molecule has 0 radical (unpaired) electrons. The van der Waals surface area contributed by atoms with Gasteiger partial charge in [-0.3, -0.25) is 4.90 Å². The van der Waals surface area contributed by atoms with Gasteiger partial charge in [0.2, 0.25) is 0 Å². The number of anilines is 1. The van der Waals surface area contributed by atoms with Gasteiger partial charge in [-0.05, 0) is 44.0 Å². The van der Waals surface area contributed by atoms with E-state index >= 15 is 4.39 Å². The summed E-state index contributed by atoms with van der Waals surface area (Å²) < 4.78 is 95.6. The lowest BCUT2D eigenvalue weighted by molar-refractivity contribution is -0.149. The highest BCUT2D eigenvalue weighted by Gasteiger charge is 2.37. The number of rotatable bonds is 5. The number of halogens is 7. The maximum atomic E-state index is 16.2. The average molecular weight is 546 g/mol. The quantitative estimate of drug-likeness (QED) is 0.459. The predicted molar refractivity (Wildman–Crippen MR) is 131 cm³/mol. The van der Waals surface area contributed by atoms with Crippen molar-refractivity contribution in [3.63, 3.8) is 0 Å². The van der Waals surface area contributed by atoms with Gasteiger partial charge in [-0.1, -0.05) is 17.7 Å². The monoisotopic (exact) mass is 545 g/mol. The second-order valence-electron chi connectivity index (χ2n) is 9.97. The minimum Gasteiger partial charge on any atom is -0.377 e. The van der Waals surface area contributed by atoms with Crippen molar-refractivity contribution in [1.82, 2.24) is 19.7 Å². The van der Waals surface area contributed by atoms with Gasteiger partial charge in [0, 0.05) is 57.1 Å². The van der Waals surface area contributed by atoms with Crippen LogP contribution in [0.2, 0.25) is 0 Å². The number of benzene rings is 1. The van der Waals surface area contributed by atoms with Crippen LogP contribution in [0.15, 0.2) is 30.1 Å². The standard InChI is InChI=1S/C26H30F7N5/c1-15-11-18-13-36(4)24(38-9-7-37(8-10-38)14-25(28,29)30)22(27)21(18)19(12-15)17(3)35-20-6-5-16(2)34-23(20)26(31,32)33/h5-6,11-12,17,35H,7-10,13-14H2,1-4H3. The molecule has 4 rings (SSSR count). The SMILES string of the molecule is Cc1cc2c(c(C(C)Nc3ccc(C)nc3C(F)(F)F)c1)C(F)=C(N1CCN(CC(F)(F)F)CC1)N(C)C2. The zero-order valence-electron chi connectivity index (χ0n) is 21.6. The van der Waals surface area contributed by atoms with Crippen molar-refractivity contribution in [2.45, 2.75) is 45.7 Å². The van der Waals surface area contributed by atoms with E-state index in [1.807, 2.05) is 13.0 Å². The van der Waals surface area contributed by atoms with Crippen molar-refractivity contribution in [3.05, 3.63) is 63.7 Å². The van der Waals surface area contributed by atoms with E-state index in [2.05, 4.69) is 10.3 Å². The van der Waals surface area contributed by atoms with Gasteiger partial charge < -0.3 is 15.1 Å². The molecule has 1 atom stereocenters. The van der Waals surface area contributed by atoms with Crippen molar-refractivity contribution in [3.8, 4) is 0 Å². The molecular formula is C26H30F7N5. The molecule has 1 aromatic carbocycles. The predicted octanol–water partition coefficient (Wildman–Crippen LogP) is 6.11. The first-order chi connectivity index (χ1) is 17.6. The Hall–Kier alpha value is -3.02. The minimum atomic E-state index is -4.67. The molecule has 12 heteroatoms. The molecule has 0 amide bonds. The van der Waals surface area contributed by atoms with Gasteiger partial charge >= 0.3 is 12.4 Å². The van der Waals surface area contributed by atoms with Crippen molar-refractivity contribution in [2.24, 2.45) is 0 Å². The molecule has 0 spiro atoms. The molecule has 1 aromatic heterocycles. The lowest BCUT2D eigenvalue weighted by Gasteiger charge is -2.42. The Balaban J connectivity index is 1.67. The number of aryl methyl sites for hydroxylation is 2. The highest BCUT2D eigenvalue weighted by atomic mass is 19.4. The molecule has 2 aliphatic heterocycles. The van der Waals surface area contributed by atoms with Gasteiger partial charge in [0.25, 0.3) is 0 Å². The summed E-state index contributed by atoms with van der Waals surface area (Å²) in [6.45, 7) is 5.02. The van der Waals surface area contributed by atoms with E-state index in [1.165, 1.54) is 24.0 Å². The van der Waals surface area contributed by atoms with Crippen molar-refractivity contribution in [2.75, 3.05) is 45.1 Å². The Morgan fingerprint density at radius 1 is 1.00 bits per heavy atom. The Labute approximate surface area is 216 Å². The van der Waals surface area contributed by atoms with Gasteiger partial charge in [0.15, 0.2) is 11.5 Å². The maximum Gasteiger partial charge on any atom is 0.435 e. The van der Waals surface area contributed by atoms with Crippen LogP contribution in [-0.4, -0.2) is 65.6 Å². The summed E-state index contributed by atoms with van der Waals surface area (Å²) in [6.07, 6.45) is -8.97. The summed E-state index contributed by atoms with van der Waals surface area (Å²) in [5.41, 5.74) is 1.29. The van der Waals surface area contributed by atoms with E-state index < -0.39 is 36.5 Å². The van der Waals surface area contributed by atoms with E-state index in [0.717, 1.165) is 5.56 Å². The number of alkyl halides is 6. The number of nitrogens with one attached hydrogen (secondary N) is 1. The fourth-order valence-corrected chi connectivity index (χ4v) is 5.19. The second-order valence-corrected chi connectivity index (χ2v) is 9.97. The smallest absolute Gasteiger partial charge is 0.377 e. The first kappa shape index (κ1) is 28.0. The summed E-state index contributed by atoms with van der Waals surface area (Å²) in [6, 6.07) is 5.68. The normalized spacial score (nSPS) is 18.1. The fourth-order valence-electron chi connectivity index (χ4n) is 5.19. The third-order valence-electron chi connectivity index (χ3n) is 6.80. The zero-order valence-corrected chi connectivity index (χ0v) is 21.6. The molecule has 5 nitrogen and oxygen atoms in total. The molecule has 0 aliphatic carbocycles. The van der Waals surface area contributed by atoms with Gasteiger partial charge in [0.05, 0.1) is 12.2 Å². The molecule has 0 bridgehead atoms. The highest BCUT2D eigenvalue weighted by molar-refractivity contribution is 5.71. The lowest BCUT2D eigenvalue weighted by atomic mass is 9.90. The second kappa shape index (κ2) is 10.3. The van der Waals surface area contributed by atoms with Crippen molar-refractivity contribution < 1.29 is 30.7 Å². The highest BCUT2D eigenvalue weighted by Crippen LogP contribution is 2.41. The number of hydrogen-bond donors (Lipinski definition) is 1. The Bertz CT molecular complexity index is 1210. The van der Waals surface area contributed by atoms with Gasteiger partial charge in [-0.2, -0.15) is 26.3 Å². The number of hydrogen-bond acceptors (Lipinski definition) is 5. The number of piperazine rings is 1. The minimum absolute atomic E-state index is 0.135. The van der Waals surface area contributed by atoms with Crippen molar-refractivity contribution >= 4 is 11.5 Å². The number of pyridine rings is 1. The summed E-state index contributed by atoms with van der Waals surface area (Å²) in [4.78, 5) is 8.42. The molecule has 208 valence electrons. The lowest BCUT2D eigenvalue weighted by Crippen LogP contribution is -2.51. The van der Waals surface area contributed by atoms with Crippen LogP contribution in [0, 0.1) is 13.8 Å². The summed E-state index contributed by atoms with van der Waals surface area (Å²) in [5, 5.41) is 2.88. The van der Waals surface area contributed by atoms with E-state index in [-0.39, 0.29) is 43.4 Å². The molecule has 1 N–H and O–H groups in total. The van der Waals surface area contributed by atoms with Crippen LogP contribution in [0.3, 0.4) is 0 Å². The molecule has 2 aromatic rings. The van der Waals surface area contributed by atoms with E-state index in [9.17, 15) is 26.3 Å². The molecule has 2 aliphatic rings.